The van der Waals surface area contributed by atoms with Crippen LogP contribution in [0.2, 0.25) is 0 Å². The normalized spacial score (nSPS) is 7.43. The van der Waals surface area contributed by atoms with Crippen LogP contribution in [0.4, 0.5) is 0 Å². The molecule has 0 spiro atoms. The van der Waals surface area contributed by atoms with Crippen LogP contribution in [0.3, 0.4) is 0 Å². The Morgan fingerprint density at radius 2 is 2.43 bits per heavy atom. The minimum absolute atomic E-state index is 0. The van der Waals surface area contributed by atoms with Crippen molar-refractivity contribution in [2.45, 2.75) is 0 Å². The zero-order valence-electron chi connectivity index (χ0n) is 3.29. The zero-order valence-corrected chi connectivity index (χ0v) is 5.91. The van der Waals surface area contributed by atoms with E-state index in [1.54, 1.807) is 0 Å². The maximum Gasteiger partial charge on any atom is 2.00 e. The Balaban J connectivity index is 0.000000360. The van der Waals surface area contributed by atoms with E-state index in [9.17, 15) is 0 Å². The van der Waals surface area contributed by atoms with Gasteiger partial charge in [0, 0.05) is 11.6 Å². The number of hydrogen-bond donors (Lipinski definition) is 1. The number of thiazole rings is 1. The van der Waals surface area contributed by atoms with Crippen LogP contribution >= 0.6 is 23.6 Å². The smallest absolute Gasteiger partial charge is 0.344 e. The van der Waals surface area contributed by atoms with Gasteiger partial charge in [-0.15, -0.1) is 11.3 Å². The molecule has 1 aromatic heterocycles. The molecular formula is C3H3NNiS2+2. The molecule has 0 bridgehead atoms. The Hall–Kier alpha value is 0.344. The van der Waals surface area contributed by atoms with Crippen LogP contribution in [0.15, 0.2) is 11.6 Å². The Kier molecular flexibility index (Phi) is 3.52. The summed E-state index contributed by atoms with van der Waals surface area (Å²) in [5, 5.41) is 1.92. The summed E-state index contributed by atoms with van der Waals surface area (Å²) in [5.41, 5.74) is 0. The van der Waals surface area contributed by atoms with Crippen LogP contribution in [0.25, 0.3) is 0 Å². The van der Waals surface area contributed by atoms with Crippen LogP contribution in [0.5, 0.6) is 0 Å². The van der Waals surface area contributed by atoms with E-state index >= 15 is 0 Å². The van der Waals surface area contributed by atoms with E-state index in [1.165, 1.54) is 11.3 Å². The van der Waals surface area contributed by atoms with Crippen molar-refractivity contribution in [3.05, 3.63) is 15.5 Å². The van der Waals surface area contributed by atoms with E-state index in [1.807, 2.05) is 11.6 Å². The average Bonchev–Trinajstić information content (AvgIpc) is 1.86. The summed E-state index contributed by atoms with van der Waals surface area (Å²) in [7, 11) is 0. The molecule has 0 amide bonds. The predicted octanol–water partition coefficient (Wildman–Crippen LogP) is 1.80. The van der Waals surface area contributed by atoms with Gasteiger partial charge in [-0.25, -0.2) is 0 Å². The molecule has 0 aromatic carbocycles. The summed E-state index contributed by atoms with van der Waals surface area (Å²) in [4.78, 5) is 2.83. The molecule has 1 nitrogen and oxygen atoms in total. The maximum atomic E-state index is 4.71. The van der Waals surface area contributed by atoms with Gasteiger partial charge in [-0.2, -0.15) is 0 Å². The van der Waals surface area contributed by atoms with Gasteiger partial charge in [0.1, 0.15) is 0 Å². The second-order valence-electron chi connectivity index (χ2n) is 0.852. The second-order valence-corrected chi connectivity index (χ2v) is 2.44. The van der Waals surface area contributed by atoms with Crippen LogP contribution in [-0.4, -0.2) is 4.98 Å². The van der Waals surface area contributed by atoms with Crippen molar-refractivity contribution in [1.29, 1.82) is 0 Å². The van der Waals surface area contributed by atoms with Crippen molar-refractivity contribution in [1.82, 2.24) is 4.98 Å². The number of nitrogens with one attached hydrogen (secondary N) is 1. The van der Waals surface area contributed by atoms with Gasteiger partial charge in [0.2, 0.25) is 0 Å². The third-order valence-corrected chi connectivity index (χ3v) is 1.45. The third-order valence-electron chi connectivity index (χ3n) is 0.444. The maximum absolute atomic E-state index is 4.71. The average molecular weight is 176 g/mol. The molecule has 0 fully saturated rings. The summed E-state index contributed by atoms with van der Waals surface area (Å²) in [5.74, 6) is 0. The first-order chi connectivity index (χ1) is 2.89. The van der Waals surface area contributed by atoms with E-state index in [0.29, 0.717) is 0 Å². The quantitative estimate of drug-likeness (QED) is 0.470. The largest absolute Gasteiger partial charge is 2.00 e. The fraction of sp³-hybridized carbons (Fsp3) is 0. The molecule has 7 heavy (non-hydrogen) atoms. The molecule has 1 heterocycles. The number of H-pyrrole nitrogens is 1. The molecule has 0 unspecified atom stereocenters. The van der Waals surface area contributed by atoms with E-state index in [0.717, 1.165) is 3.95 Å². The number of hydrogen-bond acceptors (Lipinski definition) is 2. The Labute approximate surface area is 60.7 Å². The van der Waals surface area contributed by atoms with E-state index < -0.39 is 0 Å². The summed E-state index contributed by atoms with van der Waals surface area (Å²) < 4.78 is 0.843. The minimum Gasteiger partial charge on any atom is -0.344 e. The van der Waals surface area contributed by atoms with Gasteiger partial charge < -0.3 is 4.98 Å². The molecule has 1 N–H and O–H groups in total. The first kappa shape index (κ1) is 7.34. The third kappa shape index (κ3) is 2.22. The fourth-order valence-corrected chi connectivity index (χ4v) is 0.862. The summed E-state index contributed by atoms with van der Waals surface area (Å²) >= 11 is 6.25. The minimum atomic E-state index is 0. The van der Waals surface area contributed by atoms with Crippen LogP contribution in [-0.2, 0) is 16.5 Å². The molecule has 0 atom stereocenters. The number of aromatic amines is 1. The van der Waals surface area contributed by atoms with Crippen LogP contribution in [0, 0.1) is 3.95 Å². The fourth-order valence-electron chi connectivity index (χ4n) is 0.232. The zero-order chi connectivity index (χ0) is 4.41. The molecule has 0 aliphatic carbocycles. The van der Waals surface area contributed by atoms with Gasteiger partial charge in [0.15, 0.2) is 3.95 Å². The first-order valence-corrected chi connectivity index (χ1v) is 2.80. The van der Waals surface area contributed by atoms with Gasteiger partial charge in [0.05, 0.1) is 0 Å². The molecule has 1 rings (SSSR count). The molecule has 0 radical (unpaired) electrons. The molecular weight excluding hydrogens is 173 g/mol. The Morgan fingerprint density at radius 3 is 2.57 bits per heavy atom. The van der Waals surface area contributed by atoms with Crippen LogP contribution in [0.1, 0.15) is 0 Å². The van der Waals surface area contributed by atoms with Crippen molar-refractivity contribution in [2.24, 2.45) is 0 Å². The monoisotopic (exact) mass is 175 g/mol. The molecule has 0 saturated heterocycles. The van der Waals surface area contributed by atoms with Gasteiger partial charge in [0.25, 0.3) is 0 Å². The van der Waals surface area contributed by atoms with Crippen molar-refractivity contribution in [2.75, 3.05) is 0 Å². The molecule has 0 aliphatic rings. The summed E-state index contributed by atoms with van der Waals surface area (Å²) in [6.45, 7) is 0. The molecule has 40 valence electrons. The topological polar surface area (TPSA) is 15.8 Å². The second kappa shape index (κ2) is 3.36. The molecule has 1 aromatic rings. The predicted molar refractivity (Wildman–Crippen MR) is 29.5 cm³/mol. The van der Waals surface area contributed by atoms with Gasteiger partial charge in [-0.1, -0.05) is 0 Å². The number of rotatable bonds is 0. The standard InChI is InChI=1S/C3H3NS2.Ni/c5-3-4-1-2-6-3;/h1-2H,(H,4,5);/q;+2. The molecule has 4 heteroatoms. The molecule has 0 aliphatic heterocycles. The Morgan fingerprint density at radius 1 is 1.71 bits per heavy atom. The van der Waals surface area contributed by atoms with E-state index in [4.69, 9.17) is 12.2 Å². The van der Waals surface area contributed by atoms with Gasteiger partial charge >= 0.3 is 16.5 Å². The van der Waals surface area contributed by atoms with Gasteiger partial charge in [-0.3, -0.25) is 0 Å². The van der Waals surface area contributed by atoms with E-state index in [2.05, 4.69) is 4.98 Å². The van der Waals surface area contributed by atoms with Crippen molar-refractivity contribution in [3.8, 4) is 0 Å². The van der Waals surface area contributed by atoms with Crippen molar-refractivity contribution in [3.63, 3.8) is 0 Å². The summed E-state index contributed by atoms with van der Waals surface area (Å²) in [6.07, 6.45) is 1.83. The molecule has 0 saturated carbocycles. The first-order valence-electron chi connectivity index (χ1n) is 1.52. The van der Waals surface area contributed by atoms with Gasteiger partial charge in [-0.05, 0) is 12.2 Å². The number of aromatic nitrogens is 1. The Bertz CT molecular complexity index is 151. The SMILES string of the molecule is S=c1[nH]ccs1.[Ni+2]. The summed E-state index contributed by atoms with van der Waals surface area (Å²) in [6, 6.07) is 0. The van der Waals surface area contributed by atoms with Crippen LogP contribution < -0.4 is 0 Å². The van der Waals surface area contributed by atoms with E-state index in [-0.39, 0.29) is 16.5 Å². The van der Waals surface area contributed by atoms with Crippen molar-refractivity contribution >= 4 is 23.6 Å². The van der Waals surface area contributed by atoms with Crippen molar-refractivity contribution < 1.29 is 16.5 Å².